The van der Waals surface area contributed by atoms with E-state index in [1.54, 1.807) is 35.9 Å². The Bertz CT molecular complexity index is 842. The number of aliphatic hydroxyl groups excluding tert-OH is 3. The fraction of sp³-hybridized carbons (Fsp3) is 0.316. The van der Waals surface area contributed by atoms with Gasteiger partial charge in [0.25, 0.3) is 0 Å². The Morgan fingerprint density at radius 3 is 2.41 bits per heavy atom. The Balaban J connectivity index is 1.62. The van der Waals surface area contributed by atoms with E-state index in [1.165, 1.54) is 11.8 Å². The molecule has 0 fully saturated rings. The second-order valence-corrected chi connectivity index (χ2v) is 7.28. The standard InChI is InChI=1S/C19H22N4O3S/c1-13(18(26)15-9-7-14(11-24)8-10-15)17(25)12-27-19-20-21-22-23(19)16-5-3-2-4-6-16/h2-10,13,17-18,24-26H,11-12H2,1H3. The van der Waals surface area contributed by atoms with Crippen LogP contribution in [0.2, 0.25) is 0 Å². The van der Waals surface area contributed by atoms with Gasteiger partial charge in [-0.05, 0) is 33.7 Å². The molecule has 0 radical (unpaired) electrons. The van der Waals surface area contributed by atoms with Gasteiger partial charge in [-0.1, -0.05) is 61.2 Å². The summed E-state index contributed by atoms with van der Waals surface area (Å²) in [7, 11) is 0. The molecule has 3 unspecified atom stereocenters. The maximum atomic E-state index is 10.5. The molecule has 3 rings (SSSR count). The monoisotopic (exact) mass is 386 g/mol. The highest BCUT2D eigenvalue weighted by Crippen LogP contribution is 2.28. The summed E-state index contributed by atoms with van der Waals surface area (Å²) >= 11 is 1.34. The molecule has 1 heterocycles. The number of para-hydroxylation sites is 1. The van der Waals surface area contributed by atoms with E-state index < -0.39 is 12.2 Å². The summed E-state index contributed by atoms with van der Waals surface area (Å²) in [5.41, 5.74) is 2.33. The van der Waals surface area contributed by atoms with Gasteiger partial charge in [-0.2, -0.15) is 4.68 Å². The van der Waals surface area contributed by atoms with E-state index in [-0.39, 0.29) is 12.5 Å². The molecule has 0 amide bonds. The van der Waals surface area contributed by atoms with E-state index in [4.69, 9.17) is 5.11 Å². The number of hydrogen-bond acceptors (Lipinski definition) is 7. The van der Waals surface area contributed by atoms with Crippen LogP contribution in [0, 0.1) is 5.92 Å². The minimum absolute atomic E-state index is 0.0404. The van der Waals surface area contributed by atoms with Crippen molar-refractivity contribution in [2.75, 3.05) is 5.75 Å². The zero-order valence-corrected chi connectivity index (χ0v) is 15.7. The van der Waals surface area contributed by atoms with Gasteiger partial charge in [-0.15, -0.1) is 5.10 Å². The van der Waals surface area contributed by atoms with Crippen LogP contribution in [-0.4, -0.2) is 47.4 Å². The lowest BCUT2D eigenvalue weighted by atomic mass is 9.93. The van der Waals surface area contributed by atoms with Crippen molar-refractivity contribution in [1.29, 1.82) is 0 Å². The molecule has 142 valence electrons. The van der Waals surface area contributed by atoms with Gasteiger partial charge in [0.15, 0.2) is 0 Å². The highest BCUT2D eigenvalue weighted by molar-refractivity contribution is 7.99. The Morgan fingerprint density at radius 2 is 1.74 bits per heavy atom. The molecule has 7 nitrogen and oxygen atoms in total. The Morgan fingerprint density at radius 1 is 1.04 bits per heavy atom. The summed E-state index contributed by atoms with van der Waals surface area (Å²) < 4.78 is 1.62. The van der Waals surface area contributed by atoms with Crippen molar-refractivity contribution in [3.63, 3.8) is 0 Å². The predicted octanol–water partition coefficient (Wildman–Crippen LogP) is 1.98. The molecule has 3 aromatic rings. The minimum Gasteiger partial charge on any atom is -0.392 e. The molecular formula is C19H22N4O3S. The Hall–Kier alpha value is -2.26. The van der Waals surface area contributed by atoms with E-state index in [9.17, 15) is 10.2 Å². The third-order valence-corrected chi connectivity index (χ3v) is 5.45. The van der Waals surface area contributed by atoms with Crippen LogP contribution in [0.5, 0.6) is 0 Å². The first-order chi connectivity index (χ1) is 13.1. The highest BCUT2D eigenvalue weighted by Gasteiger charge is 2.25. The first kappa shape index (κ1) is 19.5. The van der Waals surface area contributed by atoms with Crippen LogP contribution in [0.1, 0.15) is 24.2 Å². The van der Waals surface area contributed by atoms with E-state index in [0.29, 0.717) is 16.5 Å². The van der Waals surface area contributed by atoms with Gasteiger partial charge in [0.05, 0.1) is 24.5 Å². The van der Waals surface area contributed by atoms with Crippen molar-refractivity contribution >= 4 is 11.8 Å². The first-order valence-corrected chi connectivity index (χ1v) is 9.61. The number of thioether (sulfide) groups is 1. The molecule has 0 aliphatic carbocycles. The smallest absolute Gasteiger partial charge is 0.214 e. The predicted molar refractivity (Wildman–Crippen MR) is 102 cm³/mol. The number of benzene rings is 2. The third-order valence-electron chi connectivity index (χ3n) is 4.43. The van der Waals surface area contributed by atoms with Crippen molar-refractivity contribution in [1.82, 2.24) is 20.2 Å². The van der Waals surface area contributed by atoms with E-state index in [1.807, 2.05) is 30.3 Å². The van der Waals surface area contributed by atoms with Crippen molar-refractivity contribution in [3.05, 3.63) is 65.7 Å². The first-order valence-electron chi connectivity index (χ1n) is 8.62. The third kappa shape index (κ3) is 4.72. The van der Waals surface area contributed by atoms with Crippen LogP contribution < -0.4 is 0 Å². The number of tetrazole rings is 1. The quantitative estimate of drug-likeness (QED) is 0.509. The lowest BCUT2D eigenvalue weighted by molar-refractivity contribution is 0.0330. The van der Waals surface area contributed by atoms with Crippen molar-refractivity contribution in [2.45, 2.75) is 30.9 Å². The van der Waals surface area contributed by atoms with Crippen molar-refractivity contribution in [3.8, 4) is 5.69 Å². The maximum Gasteiger partial charge on any atom is 0.214 e. The molecule has 0 spiro atoms. The van der Waals surface area contributed by atoms with Gasteiger partial charge in [0.2, 0.25) is 5.16 Å². The van der Waals surface area contributed by atoms with Gasteiger partial charge in [0, 0.05) is 11.7 Å². The van der Waals surface area contributed by atoms with Crippen LogP contribution >= 0.6 is 11.8 Å². The molecule has 8 heteroatoms. The molecular weight excluding hydrogens is 364 g/mol. The molecule has 0 saturated carbocycles. The number of nitrogens with zero attached hydrogens (tertiary/aromatic N) is 4. The average Bonchev–Trinajstić information content (AvgIpc) is 3.20. The fourth-order valence-corrected chi connectivity index (χ4v) is 3.63. The summed E-state index contributed by atoms with van der Waals surface area (Å²) in [6.07, 6.45) is -1.55. The topological polar surface area (TPSA) is 104 Å². The normalized spacial score (nSPS) is 14.7. The Kier molecular flexibility index (Phi) is 6.57. The molecule has 0 aliphatic heterocycles. The van der Waals surface area contributed by atoms with E-state index >= 15 is 0 Å². The van der Waals surface area contributed by atoms with E-state index in [0.717, 1.165) is 11.3 Å². The van der Waals surface area contributed by atoms with Crippen LogP contribution in [0.25, 0.3) is 5.69 Å². The highest BCUT2D eigenvalue weighted by atomic mass is 32.2. The summed E-state index contributed by atoms with van der Waals surface area (Å²) in [4.78, 5) is 0. The fourth-order valence-electron chi connectivity index (χ4n) is 2.65. The Labute approximate surface area is 161 Å². The zero-order valence-electron chi connectivity index (χ0n) is 14.9. The number of hydrogen-bond donors (Lipinski definition) is 3. The van der Waals surface area contributed by atoms with Gasteiger partial charge < -0.3 is 15.3 Å². The molecule has 0 aliphatic rings. The summed E-state index contributed by atoms with van der Waals surface area (Å²) in [6.45, 7) is 1.76. The lowest BCUT2D eigenvalue weighted by Gasteiger charge is -2.24. The summed E-state index contributed by atoms with van der Waals surface area (Å²) in [5.74, 6) is -0.0290. The van der Waals surface area contributed by atoms with Crippen molar-refractivity contribution in [2.24, 2.45) is 5.92 Å². The van der Waals surface area contributed by atoms with Crippen LogP contribution in [0.4, 0.5) is 0 Å². The molecule has 0 bridgehead atoms. The van der Waals surface area contributed by atoms with Gasteiger partial charge >= 0.3 is 0 Å². The second kappa shape index (κ2) is 9.09. The number of aromatic nitrogens is 4. The number of aliphatic hydroxyl groups is 3. The van der Waals surface area contributed by atoms with Gasteiger partial charge in [-0.25, -0.2) is 0 Å². The molecule has 1 aromatic heterocycles. The van der Waals surface area contributed by atoms with Gasteiger partial charge in [-0.3, -0.25) is 0 Å². The molecule has 3 atom stereocenters. The lowest BCUT2D eigenvalue weighted by Crippen LogP contribution is -2.26. The largest absolute Gasteiger partial charge is 0.392 e. The molecule has 3 N–H and O–H groups in total. The molecule has 0 saturated heterocycles. The molecule has 27 heavy (non-hydrogen) atoms. The maximum absolute atomic E-state index is 10.5. The summed E-state index contributed by atoms with van der Waals surface area (Å²) in [5, 5.41) is 42.4. The van der Waals surface area contributed by atoms with Crippen LogP contribution in [0.15, 0.2) is 59.8 Å². The summed E-state index contributed by atoms with van der Waals surface area (Å²) in [6, 6.07) is 16.6. The van der Waals surface area contributed by atoms with Crippen LogP contribution in [-0.2, 0) is 6.61 Å². The minimum atomic E-state index is -0.807. The van der Waals surface area contributed by atoms with Gasteiger partial charge in [0.1, 0.15) is 0 Å². The van der Waals surface area contributed by atoms with E-state index in [2.05, 4.69) is 15.5 Å². The zero-order chi connectivity index (χ0) is 19.2. The SMILES string of the molecule is CC(C(O)CSc1nnnn1-c1ccccc1)C(O)c1ccc(CO)cc1. The number of rotatable bonds is 8. The average molecular weight is 386 g/mol. The molecule has 2 aromatic carbocycles. The van der Waals surface area contributed by atoms with Crippen LogP contribution in [0.3, 0.4) is 0 Å². The second-order valence-electron chi connectivity index (χ2n) is 6.29. The van der Waals surface area contributed by atoms with Crippen molar-refractivity contribution < 1.29 is 15.3 Å².